The molecule has 0 radical (unpaired) electrons. The highest BCUT2D eigenvalue weighted by Gasteiger charge is 2.34. The third-order valence-corrected chi connectivity index (χ3v) is 4.70. The van der Waals surface area contributed by atoms with E-state index in [0.29, 0.717) is 6.61 Å². The SMILES string of the molecule is CN=C(NCCc1ccsc1)NCC1(CCO)CCOC1.I. The summed E-state index contributed by atoms with van der Waals surface area (Å²) in [6, 6.07) is 2.15. The van der Waals surface area contributed by atoms with E-state index in [2.05, 4.69) is 32.5 Å². The average Bonchev–Trinajstić information content (AvgIpc) is 3.15. The summed E-state index contributed by atoms with van der Waals surface area (Å²) in [7, 11) is 1.78. The number of thiophene rings is 1. The summed E-state index contributed by atoms with van der Waals surface area (Å²) >= 11 is 1.72. The van der Waals surface area contributed by atoms with E-state index in [9.17, 15) is 5.11 Å². The Bertz CT molecular complexity index is 434. The number of aliphatic hydroxyl groups is 1. The fourth-order valence-corrected chi connectivity index (χ4v) is 3.27. The molecule has 0 saturated carbocycles. The summed E-state index contributed by atoms with van der Waals surface area (Å²) in [4.78, 5) is 4.25. The highest BCUT2D eigenvalue weighted by atomic mass is 127. The van der Waals surface area contributed by atoms with Crippen molar-refractivity contribution in [2.24, 2.45) is 10.4 Å². The van der Waals surface area contributed by atoms with Crippen LogP contribution in [0.25, 0.3) is 0 Å². The molecule has 5 nitrogen and oxygen atoms in total. The number of nitrogens with zero attached hydrogens (tertiary/aromatic N) is 1. The molecule has 2 rings (SSSR count). The zero-order valence-corrected chi connectivity index (χ0v) is 16.2. The van der Waals surface area contributed by atoms with Crippen molar-refractivity contribution in [1.82, 2.24) is 10.6 Å². The van der Waals surface area contributed by atoms with Crippen molar-refractivity contribution in [3.05, 3.63) is 22.4 Å². The number of aliphatic hydroxyl groups excluding tert-OH is 1. The van der Waals surface area contributed by atoms with Gasteiger partial charge in [0.1, 0.15) is 0 Å². The number of aliphatic imine (C=N–C) groups is 1. The van der Waals surface area contributed by atoms with Gasteiger partial charge >= 0.3 is 0 Å². The molecule has 1 unspecified atom stereocenters. The number of nitrogens with one attached hydrogen (secondary N) is 2. The summed E-state index contributed by atoms with van der Waals surface area (Å²) in [6.45, 7) is 3.35. The van der Waals surface area contributed by atoms with Gasteiger partial charge in [0.25, 0.3) is 0 Å². The first-order chi connectivity index (χ1) is 10.3. The van der Waals surface area contributed by atoms with Crippen molar-refractivity contribution in [1.29, 1.82) is 0 Å². The van der Waals surface area contributed by atoms with Crippen molar-refractivity contribution in [2.45, 2.75) is 19.3 Å². The topological polar surface area (TPSA) is 65.9 Å². The third-order valence-electron chi connectivity index (χ3n) is 3.97. The van der Waals surface area contributed by atoms with Gasteiger partial charge in [0.05, 0.1) is 6.61 Å². The van der Waals surface area contributed by atoms with Gasteiger partial charge in [0, 0.05) is 38.8 Å². The molecular weight excluding hydrogens is 413 g/mol. The predicted octanol–water partition coefficient (Wildman–Crippen LogP) is 1.86. The van der Waals surface area contributed by atoms with Crippen LogP contribution in [0.5, 0.6) is 0 Å². The van der Waals surface area contributed by atoms with Crippen LogP contribution in [0.1, 0.15) is 18.4 Å². The van der Waals surface area contributed by atoms with Crippen molar-refractivity contribution in [3.8, 4) is 0 Å². The Morgan fingerprint density at radius 3 is 2.95 bits per heavy atom. The van der Waals surface area contributed by atoms with Crippen molar-refractivity contribution >= 4 is 41.3 Å². The summed E-state index contributed by atoms with van der Waals surface area (Å²) in [5, 5.41) is 20.2. The maximum atomic E-state index is 9.23. The Kier molecular flexibility index (Phi) is 9.30. The quantitative estimate of drug-likeness (QED) is 0.345. The number of halogens is 1. The van der Waals surface area contributed by atoms with Crippen LogP contribution in [0.2, 0.25) is 0 Å². The second-order valence-electron chi connectivity index (χ2n) is 5.51. The first-order valence-corrected chi connectivity index (χ1v) is 8.36. The van der Waals surface area contributed by atoms with Gasteiger partial charge in [-0.2, -0.15) is 11.3 Å². The molecule has 1 atom stereocenters. The fraction of sp³-hybridized carbons (Fsp3) is 0.667. The standard InChI is InChI=1S/C15H25N3O2S.HI/c1-16-14(17-6-2-13-3-9-21-10-13)18-11-15(4-7-19)5-8-20-12-15;/h3,9-10,19H,2,4-8,11-12H2,1H3,(H2,16,17,18);1H. The predicted molar refractivity (Wildman–Crippen MR) is 102 cm³/mol. The minimum absolute atomic E-state index is 0. The van der Waals surface area contributed by atoms with Gasteiger partial charge in [0.15, 0.2) is 5.96 Å². The first kappa shape index (κ1) is 19.7. The van der Waals surface area contributed by atoms with Gasteiger partial charge in [-0.25, -0.2) is 0 Å². The van der Waals surface area contributed by atoms with Gasteiger partial charge < -0.3 is 20.5 Å². The zero-order valence-electron chi connectivity index (χ0n) is 13.0. The highest BCUT2D eigenvalue weighted by molar-refractivity contribution is 14.0. The molecule has 0 spiro atoms. The summed E-state index contributed by atoms with van der Waals surface area (Å²) in [5.74, 6) is 0.814. The highest BCUT2D eigenvalue weighted by Crippen LogP contribution is 2.31. The van der Waals surface area contributed by atoms with Crippen molar-refractivity contribution in [2.75, 3.05) is 40.0 Å². The van der Waals surface area contributed by atoms with Gasteiger partial charge in [-0.15, -0.1) is 24.0 Å². The Morgan fingerprint density at radius 1 is 1.50 bits per heavy atom. The average molecular weight is 439 g/mol. The second-order valence-corrected chi connectivity index (χ2v) is 6.29. The maximum absolute atomic E-state index is 9.23. The fourth-order valence-electron chi connectivity index (χ4n) is 2.56. The van der Waals surface area contributed by atoms with E-state index < -0.39 is 0 Å². The molecule has 0 bridgehead atoms. The van der Waals surface area contributed by atoms with Crippen LogP contribution in [0.4, 0.5) is 0 Å². The molecule has 0 aromatic carbocycles. The Balaban J connectivity index is 0.00000242. The number of rotatable bonds is 7. The van der Waals surface area contributed by atoms with Crippen molar-refractivity contribution in [3.63, 3.8) is 0 Å². The third kappa shape index (κ3) is 6.02. The van der Waals surface area contributed by atoms with Crippen LogP contribution in [0.15, 0.2) is 21.8 Å². The van der Waals surface area contributed by atoms with Gasteiger partial charge in [-0.1, -0.05) is 0 Å². The number of ether oxygens (including phenoxy) is 1. The summed E-state index contributed by atoms with van der Waals surface area (Å²) in [6.07, 6.45) is 2.76. The van der Waals surface area contributed by atoms with Gasteiger partial charge in [-0.3, -0.25) is 4.99 Å². The minimum atomic E-state index is 0. The lowest BCUT2D eigenvalue weighted by atomic mass is 9.84. The molecule has 1 aliphatic rings. The van der Waals surface area contributed by atoms with Crippen LogP contribution in [-0.4, -0.2) is 51.0 Å². The van der Waals surface area contributed by atoms with E-state index in [1.165, 1.54) is 5.56 Å². The maximum Gasteiger partial charge on any atom is 0.191 e. The zero-order chi connectivity index (χ0) is 15.0. The van der Waals surface area contributed by atoms with Crippen LogP contribution in [0, 0.1) is 5.41 Å². The van der Waals surface area contributed by atoms with Crippen LogP contribution < -0.4 is 10.6 Å². The largest absolute Gasteiger partial charge is 0.396 e. The molecule has 1 aromatic heterocycles. The first-order valence-electron chi connectivity index (χ1n) is 7.42. The van der Waals surface area contributed by atoms with Crippen molar-refractivity contribution < 1.29 is 9.84 Å². The van der Waals surface area contributed by atoms with E-state index in [1.54, 1.807) is 18.4 Å². The molecule has 1 aromatic rings. The molecule has 0 amide bonds. The Hall–Kier alpha value is -0.380. The van der Waals surface area contributed by atoms with Crippen LogP contribution >= 0.6 is 35.3 Å². The molecule has 22 heavy (non-hydrogen) atoms. The summed E-state index contributed by atoms with van der Waals surface area (Å²) in [5.41, 5.74) is 1.39. The molecule has 1 fully saturated rings. The number of hydrogen-bond acceptors (Lipinski definition) is 4. The van der Waals surface area contributed by atoms with E-state index in [0.717, 1.165) is 44.9 Å². The van der Waals surface area contributed by atoms with Crippen LogP contribution in [0.3, 0.4) is 0 Å². The molecule has 1 aliphatic heterocycles. The van der Waals surface area contributed by atoms with Gasteiger partial charge in [0.2, 0.25) is 0 Å². The normalized spacial score (nSPS) is 21.5. The van der Waals surface area contributed by atoms with Gasteiger partial charge in [-0.05, 0) is 41.7 Å². The lowest BCUT2D eigenvalue weighted by Gasteiger charge is -2.27. The minimum Gasteiger partial charge on any atom is -0.396 e. The summed E-state index contributed by atoms with van der Waals surface area (Å²) < 4.78 is 5.50. The Labute approximate surface area is 153 Å². The van der Waals surface area contributed by atoms with E-state index >= 15 is 0 Å². The smallest absolute Gasteiger partial charge is 0.191 e. The molecule has 0 aliphatic carbocycles. The monoisotopic (exact) mass is 439 g/mol. The second kappa shape index (κ2) is 10.4. The Morgan fingerprint density at radius 2 is 2.36 bits per heavy atom. The molecule has 7 heteroatoms. The number of hydrogen-bond donors (Lipinski definition) is 3. The molecule has 2 heterocycles. The van der Waals surface area contributed by atoms with E-state index in [4.69, 9.17) is 4.74 Å². The molecule has 1 saturated heterocycles. The van der Waals surface area contributed by atoms with E-state index in [1.807, 2.05) is 0 Å². The number of guanidine groups is 1. The van der Waals surface area contributed by atoms with E-state index in [-0.39, 0.29) is 36.0 Å². The molecular formula is C15H26IN3O2S. The molecule has 126 valence electrons. The van der Waals surface area contributed by atoms with Crippen LogP contribution in [-0.2, 0) is 11.2 Å². The lowest BCUT2D eigenvalue weighted by molar-refractivity contribution is 0.127. The molecule has 3 N–H and O–H groups in total. The lowest BCUT2D eigenvalue weighted by Crippen LogP contribution is -2.45.